The average Bonchev–Trinajstić information content (AvgIpc) is 3.03. The van der Waals surface area contributed by atoms with Crippen molar-refractivity contribution in [2.75, 3.05) is 0 Å². The topological polar surface area (TPSA) is 0 Å². The third-order valence-electron chi connectivity index (χ3n) is 13.5. The van der Waals surface area contributed by atoms with Crippen LogP contribution in [0, 0.1) is 33.5 Å². The van der Waals surface area contributed by atoms with Gasteiger partial charge in [0.05, 0.1) is 0 Å². The Kier molecular flexibility index (Phi) is 27.6. The van der Waals surface area contributed by atoms with Crippen molar-refractivity contribution in [2.45, 2.75) is 276 Å². The van der Waals surface area contributed by atoms with Gasteiger partial charge in [0.2, 0.25) is 0 Å². The fourth-order valence-corrected chi connectivity index (χ4v) is 11.1. The van der Waals surface area contributed by atoms with E-state index in [1.807, 2.05) is 0 Å². The van der Waals surface area contributed by atoms with Gasteiger partial charge in [0.1, 0.15) is 0 Å². The van der Waals surface area contributed by atoms with Crippen LogP contribution in [0.4, 0.5) is 0 Å². The predicted octanol–water partition coefficient (Wildman–Crippen LogP) is 18.1. The highest BCUT2D eigenvalue weighted by molar-refractivity contribution is 5.13. The van der Waals surface area contributed by atoms with E-state index in [2.05, 4.69) is 83.1 Å². The zero-order valence-electron chi connectivity index (χ0n) is 36.4. The summed E-state index contributed by atoms with van der Waals surface area (Å²) in [5.41, 5.74) is 1.49. The van der Waals surface area contributed by atoms with Crippen LogP contribution in [0.15, 0.2) is 0 Å². The smallest absolute Gasteiger partial charge is 0.0175 e. The molecular formula is C48H98. The standard InChI is InChI=1S/C48H98/c1-13-18-22-25-27-29-30-32-34-38-46(37-17-5,44(8)9)48(39-21-16-4,42-43(6)7)47(45(10,11)12,40-35-24-20-15-3)41-36-33-31-28-26-23-19-14-2/h43-44H,13-42H2,1-12H3. The Morgan fingerprint density at radius 3 is 1.00 bits per heavy atom. The summed E-state index contributed by atoms with van der Waals surface area (Å²) in [4.78, 5) is 0. The Labute approximate surface area is 308 Å². The van der Waals surface area contributed by atoms with Gasteiger partial charge in [-0.05, 0) is 72.0 Å². The first-order valence-electron chi connectivity index (χ1n) is 22.9. The molecule has 0 fully saturated rings. The molecule has 0 rings (SSSR count). The van der Waals surface area contributed by atoms with E-state index in [-0.39, 0.29) is 0 Å². The molecule has 0 nitrogen and oxygen atoms in total. The van der Waals surface area contributed by atoms with E-state index in [0.29, 0.717) is 21.7 Å². The summed E-state index contributed by atoms with van der Waals surface area (Å²) in [5.74, 6) is 1.48. The molecule has 0 aromatic heterocycles. The van der Waals surface area contributed by atoms with E-state index in [9.17, 15) is 0 Å². The molecule has 0 spiro atoms. The minimum absolute atomic E-state index is 0.301. The Balaban J connectivity index is 6.94. The van der Waals surface area contributed by atoms with Crippen molar-refractivity contribution in [2.24, 2.45) is 33.5 Å². The fraction of sp³-hybridized carbons (Fsp3) is 1.00. The zero-order chi connectivity index (χ0) is 36.4. The Hall–Kier alpha value is 0. The molecule has 3 unspecified atom stereocenters. The first kappa shape index (κ1) is 48.0. The van der Waals surface area contributed by atoms with Crippen molar-refractivity contribution in [1.29, 1.82) is 0 Å². The maximum Gasteiger partial charge on any atom is -0.0175 e. The van der Waals surface area contributed by atoms with Gasteiger partial charge in [-0.2, -0.15) is 0 Å². The number of unbranched alkanes of at least 4 members (excludes halogenated alkanes) is 19. The second-order valence-corrected chi connectivity index (χ2v) is 18.8. The van der Waals surface area contributed by atoms with Crippen LogP contribution in [-0.2, 0) is 0 Å². The first-order valence-corrected chi connectivity index (χ1v) is 22.9. The molecule has 0 aliphatic heterocycles. The molecular weight excluding hydrogens is 577 g/mol. The maximum atomic E-state index is 2.72. The van der Waals surface area contributed by atoms with E-state index in [0.717, 1.165) is 11.8 Å². The Bertz CT molecular complexity index is 695. The van der Waals surface area contributed by atoms with E-state index in [1.54, 1.807) is 0 Å². The molecule has 0 aromatic rings. The molecule has 290 valence electrons. The van der Waals surface area contributed by atoms with Crippen LogP contribution >= 0.6 is 0 Å². The van der Waals surface area contributed by atoms with E-state index in [4.69, 9.17) is 0 Å². The van der Waals surface area contributed by atoms with Crippen LogP contribution < -0.4 is 0 Å². The number of hydrogen-bond donors (Lipinski definition) is 0. The van der Waals surface area contributed by atoms with E-state index < -0.39 is 0 Å². The average molecular weight is 675 g/mol. The van der Waals surface area contributed by atoms with Crippen LogP contribution in [0.25, 0.3) is 0 Å². The lowest BCUT2D eigenvalue weighted by molar-refractivity contribution is -0.199. The van der Waals surface area contributed by atoms with Gasteiger partial charge in [0, 0.05) is 0 Å². The lowest BCUT2D eigenvalue weighted by atomic mass is 9.36. The van der Waals surface area contributed by atoms with Gasteiger partial charge in [-0.25, -0.2) is 0 Å². The monoisotopic (exact) mass is 675 g/mol. The molecule has 0 aromatic carbocycles. The Morgan fingerprint density at radius 1 is 0.333 bits per heavy atom. The largest absolute Gasteiger partial charge is 0.0654 e. The summed E-state index contributed by atoms with van der Waals surface area (Å²) in [6.45, 7) is 30.8. The van der Waals surface area contributed by atoms with Crippen LogP contribution in [0.1, 0.15) is 276 Å². The summed E-state index contributed by atoms with van der Waals surface area (Å²) < 4.78 is 0. The lowest BCUT2D eigenvalue weighted by Crippen LogP contribution is -2.61. The number of rotatable bonds is 34. The van der Waals surface area contributed by atoms with Gasteiger partial charge >= 0.3 is 0 Å². The molecule has 0 heteroatoms. The molecule has 0 heterocycles. The quantitative estimate of drug-likeness (QED) is 0.0596. The zero-order valence-corrected chi connectivity index (χ0v) is 36.4. The molecule has 48 heavy (non-hydrogen) atoms. The molecule has 0 amide bonds. The summed E-state index contributed by atoms with van der Waals surface area (Å²) in [6, 6.07) is 0. The number of hydrogen-bond acceptors (Lipinski definition) is 0. The third-order valence-corrected chi connectivity index (χ3v) is 13.5. The third kappa shape index (κ3) is 15.7. The van der Waals surface area contributed by atoms with Crippen molar-refractivity contribution in [1.82, 2.24) is 0 Å². The highest BCUT2D eigenvalue weighted by Crippen LogP contribution is 2.72. The minimum atomic E-state index is 0.301. The SMILES string of the molecule is CCCCCCCCCCCC(CCC)(C(C)C)C(CCCC)(CC(C)C)C(CCCCCC)(CCCCCCCCCC)C(C)(C)C. The van der Waals surface area contributed by atoms with Crippen molar-refractivity contribution >= 4 is 0 Å². The molecule has 0 bridgehead atoms. The minimum Gasteiger partial charge on any atom is -0.0654 e. The molecule has 0 aliphatic rings. The van der Waals surface area contributed by atoms with Crippen molar-refractivity contribution in [3.8, 4) is 0 Å². The first-order chi connectivity index (χ1) is 22.9. The van der Waals surface area contributed by atoms with Gasteiger partial charge in [0.15, 0.2) is 0 Å². The van der Waals surface area contributed by atoms with Crippen molar-refractivity contribution in [3.05, 3.63) is 0 Å². The summed E-state index contributed by atoms with van der Waals surface area (Å²) in [5, 5.41) is 0. The summed E-state index contributed by atoms with van der Waals surface area (Å²) in [7, 11) is 0. The molecule has 0 saturated heterocycles. The van der Waals surface area contributed by atoms with Crippen LogP contribution in [-0.4, -0.2) is 0 Å². The van der Waals surface area contributed by atoms with Crippen LogP contribution in [0.3, 0.4) is 0 Å². The van der Waals surface area contributed by atoms with E-state index in [1.165, 1.54) is 193 Å². The second-order valence-electron chi connectivity index (χ2n) is 18.8. The van der Waals surface area contributed by atoms with Crippen molar-refractivity contribution in [3.63, 3.8) is 0 Å². The second kappa shape index (κ2) is 27.6. The predicted molar refractivity (Wildman–Crippen MR) is 223 cm³/mol. The molecule has 0 N–H and O–H groups in total. The fourth-order valence-electron chi connectivity index (χ4n) is 11.1. The van der Waals surface area contributed by atoms with E-state index >= 15 is 0 Å². The van der Waals surface area contributed by atoms with Gasteiger partial charge < -0.3 is 0 Å². The normalized spacial score (nSPS) is 16.4. The van der Waals surface area contributed by atoms with Gasteiger partial charge in [-0.1, -0.05) is 237 Å². The maximum absolute atomic E-state index is 2.72. The highest BCUT2D eigenvalue weighted by Gasteiger charge is 2.64. The highest BCUT2D eigenvalue weighted by atomic mass is 14.7. The van der Waals surface area contributed by atoms with Gasteiger partial charge in [-0.15, -0.1) is 0 Å². The van der Waals surface area contributed by atoms with Crippen molar-refractivity contribution < 1.29 is 0 Å². The Morgan fingerprint density at radius 2 is 0.667 bits per heavy atom. The molecule has 0 aliphatic carbocycles. The lowest BCUT2D eigenvalue weighted by Gasteiger charge is -2.69. The molecule has 0 radical (unpaired) electrons. The van der Waals surface area contributed by atoms with Crippen LogP contribution in [0.5, 0.6) is 0 Å². The molecule has 3 atom stereocenters. The molecule has 0 saturated carbocycles. The van der Waals surface area contributed by atoms with Gasteiger partial charge in [0.25, 0.3) is 0 Å². The van der Waals surface area contributed by atoms with Crippen LogP contribution in [0.2, 0.25) is 0 Å². The summed E-state index contributed by atoms with van der Waals surface area (Å²) >= 11 is 0. The van der Waals surface area contributed by atoms with Gasteiger partial charge in [-0.3, -0.25) is 0 Å². The summed E-state index contributed by atoms with van der Waals surface area (Å²) in [6.07, 6.45) is 42.9.